The predicted octanol–water partition coefficient (Wildman–Crippen LogP) is 1.09. The van der Waals surface area contributed by atoms with E-state index < -0.39 is 0 Å². The van der Waals surface area contributed by atoms with Gasteiger partial charge in [0.1, 0.15) is 5.56 Å². The van der Waals surface area contributed by atoms with Crippen molar-refractivity contribution in [3.8, 4) is 5.88 Å². The summed E-state index contributed by atoms with van der Waals surface area (Å²) < 4.78 is 5.09. The zero-order chi connectivity index (χ0) is 13.0. The third kappa shape index (κ3) is 2.46. The predicted molar refractivity (Wildman–Crippen MR) is 68.5 cm³/mol. The summed E-state index contributed by atoms with van der Waals surface area (Å²) in [4.78, 5) is 16.3. The Bertz CT molecular complexity index is 428. The lowest BCUT2D eigenvalue weighted by Gasteiger charge is -2.28. The van der Waals surface area contributed by atoms with Crippen LogP contribution >= 0.6 is 0 Å². The molecule has 1 saturated carbocycles. The molecule has 0 unspecified atom stereocenters. The van der Waals surface area contributed by atoms with Crippen LogP contribution < -0.4 is 15.8 Å². The normalized spacial score (nSPS) is 17.4. The number of hydrogen-bond acceptors (Lipinski definition) is 4. The van der Waals surface area contributed by atoms with Gasteiger partial charge in [0.05, 0.1) is 12.6 Å². The molecular formula is C13H19N3O2. The van der Waals surface area contributed by atoms with Crippen molar-refractivity contribution in [2.45, 2.75) is 31.2 Å². The minimum Gasteiger partial charge on any atom is -0.480 e. The molecule has 98 valence electrons. The second-order valence-electron chi connectivity index (χ2n) is 4.71. The number of rotatable bonds is 4. The fraction of sp³-hybridized carbons (Fsp3) is 0.538. The molecule has 3 N–H and O–H groups in total. The van der Waals surface area contributed by atoms with Crippen molar-refractivity contribution < 1.29 is 9.53 Å². The van der Waals surface area contributed by atoms with Crippen LogP contribution in [-0.4, -0.2) is 30.1 Å². The topological polar surface area (TPSA) is 77.2 Å². The quantitative estimate of drug-likeness (QED) is 0.837. The summed E-state index contributed by atoms with van der Waals surface area (Å²) in [5.41, 5.74) is 6.01. The molecule has 0 bridgehead atoms. The standard InChI is InChI=1S/C13H19N3O2/c1-18-12-10(5-4-8-15-12)11(17)16-13(9-14)6-2-3-7-13/h4-5,8H,2-3,6-7,9,14H2,1H3,(H,16,17). The average molecular weight is 249 g/mol. The molecule has 1 heterocycles. The lowest BCUT2D eigenvalue weighted by Crippen LogP contribution is -2.51. The van der Waals surface area contributed by atoms with Crippen molar-refractivity contribution in [1.29, 1.82) is 0 Å². The van der Waals surface area contributed by atoms with Gasteiger partial charge in [0.15, 0.2) is 0 Å². The molecule has 2 rings (SSSR count). The number of nitrogens with zero attached hydrogens (tertiary/aromatic N) is 1. The molecule has 0 atom stereocenters. The maximum Gasteiger partial charge on any atom is 0.257 e. The molecule has 0 spiro atoms. The van der Waals surface area contributed by atoms with Gasteiger partial charge < -0.3 is 15.8 Å². The Morgan fingerprint density at radius 2 is 2.28 bits per heavy atom. The van der Waals surface area contributed by atoms with Crippen LogP contribution in [0.2, 0.25) is 0 Å². The summed E-state index contributed by atoms with van der Waals surface area (Å²) in [5, 5.41) is 3.05. The minimum atomic E-state index is -0.252. The summed E-state index contributed by atoms with van der Waals surface area (Å²) in [6, 6.07) is 3.43. The van der Waals surface area contributed by atoms with Crippen LogP contribution in [0, 0.1) is 0 Å². The second kappa shape index (κ2) is 5.35. The highest BCUT2D eigenvalue weighted by Crippen LogP contribution is 2.29. The monoisotopic (exact) mass is 249 g/mol. The van der Waals surface area contributed by atoms with E-state index in [1.807, 2.05) is 0 Å². The van der Waals surface area contributed by atoms with E-state index in [1.165, 1.54) is 7.11 Å². The first-order valence-electron chi connectivity index (χ1n) is 6.22. The van der Waals surface area contributed by atoms with E-state index in [0.717, 1.165) is 25.7 Å². The summed E-state index contributed by atoms with van der Waals surface area (Å²) >= 11 is 0. The molecule has 0 aromatic carbocycles. The van der Waals surface area contributed by atoms with Gasteiger partial charge >= 0.3 is 0 Å². The number of methoxy groups -OCH3 is 1. The lowest BCUT2D eigenvalue weighted by atomic mass is 9.97. The second-order valence-corrected chi connectivity index (χ2v) is 4.71. The molecule has 1 aromatic rings. The molecule has 0 saturated heterocycles. The molecular weight excluding hydrogens is 230 g/mol. The number of carbonyl (C=O) groups excluding carboxylic acids is 1. The fourth-order valence-electron chi connectivity index (χ4n) is 2.47. The number of aromatic nitrogens is 1. The lowest BCUT2D eigenvalue weighted by molar-refractivity contribution is 0.0899. The highest BCUT2D eigenvalue weighted by molar-refractivity contribution is 5.96. The van der Waals surface area contributed by atoms with Crippen LogP contribution in [0.15, 0.2) is 18.3 Å². The van der Waals surface area contributed by atoms with E-state index in [1.54, 1.807) is 18.3 Å². The molecule has 1 amide bonds. The maximum atomic E-state index is 12.3. The third-order valence-electron chi connectivity index (χ3n) is 3.54. The molecule has 0 radical (unpaired) electrons. The van der Waals surface area contributed by atoms with Crippen molar-refractivity contribution in [2.75, 3.05) is 13.7 Å². The Morgan fingerprint density at radius 1 is 1.56 bits per heavy atom. The highest BCUT2D eigenvalue weighted by Gasteiger charge is 2.34. The highest BCUT2D eigenvalue weighted by atomic mass is 16.5. The van der Waals surface area contributed by atoms with E-state index in [9.17, 15) is 4.79 Å². The Kier molecular flexibility index (Phi) is 3.81. The molecule has 0 aliphatic heterocycles. The van der Waals surface area contributed by atoms with Crippen molar-refractivity contribution in [3.63, 3.8) is 0 Å². The van der Waals surface area contributed by atoms with Gasteiger partial charge in [0.2, 0.25) is 5.88 Å². The van der Waals surface area contributed by atoms with Gasteiger partial charge in [-0.3, -0.25) is 4.79 Å². The number of nitrogens with one attached hydrogen (secondary N) is 1. The molecule has 1 aromatic heterocycles. The van der Waals surface area contributed by atoms with E-state index in [2.05, 4.69) is 10.3 Å². The van der Waals surface area contributed by atoms with E-state index in [4.69, 9.17) is 10.5 Å². The van der Waals surface area contributed by atoms with Crippen LogP contribution in [0.5, 0.6) is 5.88 Å². The van der Waals surface area contributed by atoms with Crippen LogP contribution in [0.1, 0.15) is 36.0 Å². The number of pyridine rings is 1. The number of amides is 1. The van der Waals surface area contributed by atoms with Crippen molar-refractivity contribution in [3.05, 3.63) is 23.9 Å². The number of carbonyl (C=O) groups is 1. The third-order valence-corrected chi connectivity index (χ3v) is 3.54. The van der Waals surface area contributed by atoms with Gasteiger partial charge in [-0.15, -0.1) is 0 Å². The molecule has 18 heavy (non-hydrogen) atoms. The molecule has 1 fully saturated rings. The van der Waals surface area contributed by atoms with Gasteiger partial charge in [0, 0.05) is 12.7 Å². The van der Waals surface area contributed by atoms with E-state index >= 15 is 0 Å². The molecule has 5 nitrogen and oxygen atoms in total. The Morgan fingerprint density at radius 3 is 2.89 bits per heavy atom. The molecule has 5 heteroatoms. The zero-order valence-corrected chi connectivity index (χ0v) is 10.6. The van der Waals surface area contributed by atoms with Crippen molar-refractivity contribution in [2.24, 2.45) is 5.73 Å². The molecule has 1 aliphatic rings. The Hall–Kier alpha value is -1.62. The fourth-order valence-corrected chi connectivity index (χ4v) is 2.47. The first-order valence-corrected chi connectivity index (χ1v) is 6.22. The van der Waals surface area contributed by atoms with E-state index in [-0.39, 0.29) is 11.4 Å². The smallest absolute Gasteiger partial charge is 0.257 e. The van der Waals surface area contributed by atoms with Crippen molar-refractivity contribution in [1.82, 2.24) is 10.3 Å². The van der Waals surface area contributed by atoms with Gasteiger partial charge in [0.25, 0.3) is 5.91 Å². The first kappa shape index (κ1) is 12.8. The average Bonchev–Trinajstić information content (AvgIpc) is 2.87. The van der Waals surface area contributed by atoms with Gasteiger partial charge in [-0.2, -0.15) is 0 Å². The van der Waals surface area contributed by atoms with Crippen molar-refractivity contribution >= 4 is 5.91 Å². The Labute approximate surface area is 107 Å². The van der Waals surface area contributed by atoms with Gasteiger partial charge in [-0.1, -0.05) is 12.8 Å². The van der Waals surface area contributed by atoms with Crippen LogP contribution in [0.3, 0.4) is 0 Å². The summed E-state index contributed by atoms with van der Waals surface area (Å²) in [5.74, 6) is 0.187. The number of ether oxygens (including phenoxy) is 1. The number of nitrogens with two attached hydrogens (primary N) is 1. The van der Waals surface area contributed by atoms with Gasteiger partial charge in [-0.25, -0.2) is 4.98 Å². The maximum absolute atomic E-state index is 12.3. The van der Waals surface area contributed by atoms with Crippen LogP contribution in [0.4, 0.5) is 0 Å². The summed E-state index contributed by atoms with van der Waals surface area (Å²) in [6.07, 6.45) is 5.71. The van der Waals surface area contributed by atoms with Crippen LogP contribution in [0.25, 0.3) is 0 Å². The number of hydrogen-bond donors (Lipinski definition) is 2. The molecule has 1 aliphatic carbocycles. The minimum absolute atomic E-state index is 0.160. The zero-order valence-electron chi connectivity index (χ0n) is 10.6. The van der Waals surface area contributed by atoms with Crippen LogP contribution in [-0.2, 0) is 0 Å². The summed E-state index contributed by atoms with van der Waals surface area (Å²) in [7, 11) is 1.51. The first-order chi connectivity index (χ1) is 8.71. The summed E-state index contributed by atoms with van der Waals surface area (Å²) in [6.45, 7) is 0.474. The SMILES string of the molecule is COc1ncccc1C(=O)NC1(CN)CCCC1. The Balaban J connectivity index is 2.16. The van der Waals surface area contributed by atoms with Gasteiger partial charge in [-0.05, 0) is 25.0 Å². The van der Waals surface area contributed by atoms with E-state index in [0.29, 0.717) is 18.0 Å². The largest absolute Gasteiger partial charge is 0.480 e.